The number of rotatable bonds is 0. The van der Waals surface area contributed by atoms with Gasteiger partial charge in [-0.1, -0.05) is 19.8 Å². The van der Waals surface area contributed by atoms with Crippen LogP contribution < -0.4 is 0 Å². The Balaban J connectivity index is 2.03. The van der Waals surface area contributed by atoms with E-state index in [9.17, 15) is 0 Å². The lowest BCUT2D eigenvalue weighted by atomic mass is 9.79. The van der Waals surface area contributed by atoms with E-state index in [4.69, 9.17) is 0 Å². The molecule has 0 aromatic rings. The molecule has 10 heavy (non-hydrogen) atoms. The Morgan fingerprint density at radius 2 is 2.10 bits per heavy atom. The molecule has 0 amide bonds. The summed E-state index contributed by atoms with van der Waals surface area (Å²) < 4.78 is 0. The van der Waals surface area contributed by atoms with Crippen LogP contribution in [0.1, 0.15) is 32.6 Å². The minimum Gasteiger partial charge on any atom is -0.158 e. The molecule has 3 atom stereocenters. The van der Waals surface area contributed by atoms with E-state index in [0.29, 0.717) is 0 Å². The van der Waals surface area contributed by atoms with Crippen LogP contribution in [-0.4, -0.2) is 11.0 Å². The molecule has 1 aliphatic carbocycles. The molecule has 1 saturated carbocycles. The lowest BCUT2D eigenvalue weighted by molar-refractivity contribution is 0.271. The summed E-state index contributed by atoms with van der Waals surface area (Å²) >= 11 is 2.23. The lowest BCUT2D eigenvalue weighted by Gasteiger charge is -2.30. The first-order chi connectivity index (χ1) is 4.88. The van der Waals surface area contributed by atoms with Crippen LogP contribution in [0.15, 0.2) is 0 Å². The molecule has 1 heterocycles. The fourth-order valence-electron chi connectivity index (χ4n) is 2.47. The van der Waals surface area contributed by atoms with E-state index in [1.54, 1.807) is 0 Å². The predicted molar refractivity (Wildman–Crippen MR) is 47.4 cm³/mol. The molecule has 0 bridgehead atoms. The van der Waals surface area contributed by atoms with E-state index in [0.717, 1.165) is 17.1 Å². The van der Waals surface area contributed by atoms with Gasteiger partial charge in [0.15, 0.2) is 0 Å². The maximum Gasteiger partial charge on any atom is 0.00781 e. The summed E-state index contributed by atoms with van der Waals surface area (Å²) in [6.45, 7) is 2.45. The van der Waals surface area contributed by atoms with Crippen molar-refractivity contribution in [2.75, 3.05) is 5.75 Å². The van der Waals surface area contributed by atoms with E-state index in [-0.39, 0.29) is 0 Å². The van der Waals surface area contributed by atoms with Gasteiger partial charge in [-0.3, -0.25) is 0 Å². The molecule has 0 aromatic heterocycles. The second-order valence-electron chi connectivity index (χ2n) is 3.77. The molecular formula is C9H16S. The number of thioether (sulfide) groups is 1. The third kappa shape index (κ3) is 1.09. The zero-order valence-electron chi connectivity index (χ0n) is 6.68. The zero-order valence-corrected chi connectivity index (χ0v) is 7.49. The molecule has 1 heteroatoms. The highest BCUT2D eigenvalue weighted by atomic mass is 32.2. The van der Waals surface area contributed by atoms with Gasteiger partial charge in [0.2, 0.25) is 0 Å². The van der Waals surface area contributed by atoms with E-state index in [1.807, 2.05) is 0 Å². The van der Waals surface area contributed by atoms with E-state index < -0.39 is 0 Å². The Labute approximate surface area is 67.8 Å². The first kappa shape index (κ1) is 7.02. The summed E-state index contributed by atoms with van der Waals surface area (Å²) in [7, 11) is 0. The summed E-state index contributed by atoms with van der Waals surface area (Å²) in [6.07, 6.45) is 6.02. The van der Waals surface area contributed by atoms with Gasteiger partial charge in [0.1, 0.15) is 0 Å². The van der Waals surface area contributed by atoms with Crippen LogP contribution >= 0.6 is 11.8 Å². The first-order valence-electron chi connectivity index (χ1n) is 4.49. The second-order valence-corrected chi connectivity index (χ2v) is 5.12. The maximum atomic E-state index is 2.45. The van der Waals surface area contributed by atoms with Crippen molar-refractivity contribution in [3.05, 3.63) is 0 Å². The summed E-state index contributed by atoms with van der Waals surface area (Å²) in [5.74, 6) is 3.58. The zero-order chi connectivity index (χ0) is 6.97. The van der Waals surface area contributed by atoms with Crippen molar-refractivity contribution in [3.8, 4) is 0 Å². The fraction of sp³-hybridized carbons (Fsp3) is 1.00. The van der Waals surface area contributed by atoms with Crippen LogP contribution in [-0.2, 0) is 0 Å². The van der Waals surface area contributed by atoms with Gasteiger partial charge < -0.3 is 0 Å². The highest BCUT2D eigenvalue weighted by molar-refractivity contribution is 8.00. The third-order valence-corrected chi connectivity index (χ3v) is 4.62. The van der Waals surface area contributed by atoms with Crippen molar-refractivity contribution in [1.82, 2.24) is 0 Å². The molecule has 0 aromatic carbocycles. The summed E-state index contributed by atoms with van der Waals surface area (Å²) in [5, 5.41) is 1.06. The topological polar surface area (TPSA) is 0 Å². The first-order valence-corrected chi connectivity index (χ1v) is 5.54. The lowest BCUT2D eigenvalue weighted by Crippen LogP contribution is -2.24. The summed E-state index contributed by atoms with van der Waals surface area (Å²) in [5.41, 5.74) is 0. The molecule has 58 valence electrons. The smallest absolute Gasteiger partial charge is 0.00781 e. The Morgan fingerprint density at radius 1 is 1.20 bits per heavy atom. The molecule has 0 spiro atoms. The molecule has 1 aliphatic heterocycles. The van der Waals surface area contributed by atoms with E-state index >= 15 is 0 Å². The van der Waals surface area contributed by atoms with Crippen LogP contribution in [0.4, 0.5) is 0 Å². The average molecular weight is 156 g/mol. The van der Waals surface area contributed by atoms with Crippen molar-refractivity contribution < 1.29 is 0 Å². The molecule has 2 fully saturated rings. The Bertz CT molecular complexity index is 122. The van der Waals surface area contributed by atoms with Crippen LogP contribution in [0, 0.1) is 11.8 Å². The van der Waals surface area contributed by atoms with Gasteiger partial charge in [0, 0.05) is 5.25 Å². The van der Waals surface area contributed by atoms with Crippen LogP contribution in [0.25, 0.3) is 0 Å². The number of hydrogen-bond donors (Lipinski definition) is 0. The fourth-order valence-corrected chi connectivity index (χ4v) is 4.16. The highest BCUT2D eigenvalue weighted by Crippen LogP contribution is 2.44. The van der Waals surface area contributed by atoms with Gasteiger partial charge in [-0.05, 0) is 30.4 Å². The average Bonchev–Trinajstić information content (AvgIpc) is 2.36. The Morgan fingerprint density at radius 3 is 2.90 bits per heavy atom. The maximum absolute atomic E-state index is 2.45. The van der Waals surface area contributed by atoms with Crippen LogP contribution in [0.2, 0.25) is 0 Å². The van der Waals surface area contributed by atoms with Gasteiger partial charge in [-0.2, -0.15) is 11.8 Å². The molecular weight excluding hydrogens is 140 g/mol. The van der Waals surface area contributed by atoms with Crippen LogP contribution in [0.3, 0.4) is 0 Å². The van der Waals surface area contributed by atoms with Gasteiger partial charge in [-0.15, -0.1) is 0 Å². The van der Waals surface area contributed by atoms with Gasteiger partial charge >= 0.3 is 0 Å². The molecule has 0 N–H and O–H groups in total. The Hall–Kier alpha value is 0.350. The van der Waals surface area contributed by atoms with Crippen molar-refractivity contribution >= 4 is 11.8 Å². The highest BCUT2D eigenvalue weighted by Gasteiger charge is 2.34. The molecule has 0 nitrogen and oxygen atoms in total. The molecule has 2 rings (SSSR count). The monoisotopic (exact) mass is 156 g/mol. The molecule has 3 unspecified atom stereocenters. The standard InChI is InChI=1S/C9H16S/c1-7-3-2-4-9-8(7)5-6-10-9/h7-9H,2-6H2,1H3. The van der Waals surface area contributed by atoms with Crippen LogP contribution in [0.5, 0.6) is 0 Å². The molecule has 0 radical (unpaired) electrons. The minimum atomic E-state index is 1.04. The Kier molecular flexibility index (Phi) is 1.94. The van der Waals surface area contributed by atoms with Crippen molar-refractivity contribution in [1.29, 1.82) is 0 Å². The van der Waals surface area contributed by atoms with Gasteiger partial charge in [0.25, 0.3) is 0 Å². The van der Waals surface area contributed by atoms with E-state index in [2.05, 4.69) is 18.7 Å². The number of hydrogen-bond acceptors (Lipinski definition) is 1. The summed E-state index contributed by atoms with van der Waals surface area (Å²) in [6, 6.07) is 0. The third-order valence-electron chi connectivity index (χ3n) is 3.14. The largest absolute Gasteiger partial charge is 0.158 e. The predicted octanol–water partition coefficient (Wildman–Crippen LogP) is 2.93. The van der Waals surface area contributed by atoms with Gasteiger partial charge in [-0.25, -0.2) is 0 Å². The second kappa shape index (κ2) is 2.77. The normalized spacial score (nSPS) is 47.1. The van der Waals surface area contributed by atoms with E-state index in [1.165, 1.54) is 31.4 Å². The molecule has 2 aliphatic rings. The quantitative estimate of drug-likeness (QED) is 0.519. The van der Waals surface area contributed by atoms with Gasteiger partial charge in [0.05, 0.1) is 0 Å². The molecule has 1 saturated heterocycles. The van der Waals surface area contributed by atoms with Crippen molar-refractivity contribution in [3.63, 3.8) is 0 Å². The SMILES string of the molecule is CC1CCCC2SCCC12. The van der Waals surface area contributed by atoms with Crippen molar-refractivity contribution in [2.45, 2.75) is 37.9 Å². The minimum absolute atomic E-state index is 1.04. The summed E-state index contributed by atoms with van der Waals surface area (Å²) in [4.78, 5) is 0. The number of fused-ring (bicyclic) bond motifs is 1. The van der Waals surface area contributed by atoms with Crippen molar-refractivity contribution in [2.24, 2.45) is 11.8 Å².